The maximum absolute atomic E-state index is 12.8. The topological polar surface area (TPSA) is 58.6 Å². The molecule has 128 valence electrons. The molecule has 2 N–H and O–H groups in total. The van der Waals surface area contributed by atoms with E-state index in [4.69, 9.17) is 4.74 Å². The van der Waals surface area contributed by atoms with Gasteiger partial charge in [0.1, 0.15) is 5.75 Å². The van der Waals surface area contributed by atoms with Crippen molar-refractivity contribution in [3.63, 3.8) is 0 Å². The molecule has 0 bridgehead atoms. The van der Waals surface area contributed by atoms with E-state index in [2.05, 4.69) is 5.32 Å². The zero-order valence-electron chi connectivity index (χ0n) is 13.6. The molecule has 0 radical (unpaired) electrons. The second-order valence-electron chi connectivity index (χ2n) is 6.41. The lowest BCUT2D eigenvalue weighted by Gasteiger charge is -2.37. The summed E-state index contributed by atoms with van der Waals surface area (Å²) in [4.78, 5) is 14.0. The summed E-state index contributed by atoms with van der Waals surface area (Å²) in [6, 6.07) is 11.6. The van der Waals surface area contributed by atoms with Crippen molar-refractivity contribution in [2.75, 3.05) is 0 Å². The van der Waals surface area contributed by atoms with Gasteiger partial charge < -0.3 is 15.2 Å². The molecule has 1 aromatic heterocycles. The Morgan fingerprint density at radius 3 is 2.84 bits per heavy atom. The predicted octanol–water partition coefficient (Wildman–Crippen LogP) is 3.67. The molecule has 1 aromatic carbocycles. The summed E-state index contributed by atoms with van der Waals surface area (Å²) in [5.41, 5.74) is 1.44. The van der Waals surface area contributed by atoms with Gasteiger partial charge in [0.05, 0.1) is 18.4 Å². The minimum atomic E-state index is -0.248. The first-order valence-corrected chi connectivity index (χ1v) is 9.25. The van der Waals surface area contributed by atoms with Gasteiger partial charge in [-0.1, -0.05) is 24.3 Å². The molecule has 1 aliphatic carbocycles. The van der Waals surface area contributed by atoms with Crippen molar-refractivity contribution < 1.29 is 14.6 Å². The number of nitrogens with one attached hydrogen (secondary N) is 1. The highest BCUT2D eigenvalue weighted by molar-refractivity contribution is 7.10. The third-order valence-electron chi connectivity index (χ3n) is 4.69. The third-order valence-corrected chi connectivity index (χ3v) is 5.65. The monoisotopic (exact) mass is 353 g/mol. The molecule has 0 saturated heterocycles. The van der Waals surface area contributed by atoms with Gasteiger partial charge in [-0.15, -0.1) is 11.3 Å². The number of rotatable bonds is 4. The molecule has 4 nitrogen and oxygen atoms in total. The number of hydrogen-bond acceptors (Lipinski definition) is 4. The van der Waals surface area contributed by atoms with Crippen LogP contribution in [0.15, 0.2) is 59.7 Å². The summed E-state index contributed by atoms with van der Waals surface area (Å²) in [5.74, 6) is 0.881. The Labute approximate surface area is 150 Å². The Morgan fingerprint density at radius 1 is 1.24 bits per heavy atom. The highest BCUT2D eigenvalue weighted by Crippen LogP contribution is 2.39. The lowest BCUT2D eigenvalue weighted by molar-refractivity contribution is -0.119. The van der Waals surface area contributed by atoms with Crippen LogP contribution in [0.4, 0.5) is 0 Å². The molecule has 1 aliphatic heterocycles. The number of fused-ring (bicyclic) bond motifs is 1. The fraction of sp³-hybridized carbons (Fsp3) is 0.250. The zero-order chi connectivity index (χ0) is 17.2. The highest BCUT2D eigenvalue weighted by atomic mass is 32.1. The van der Waals surface area contributed by atoms with E-state index < -0.39 is 0 Å². The van der Waals surface area contributed by atoms with Crippen molar-refractivity contribution in [1.29, 1.82) is 0 Å². The Hall–Kier alpha value is -2.37. The molecule has 0 spiro atoms. The summed E-state index contributed by atoms with van der Waals surface area (Å²) in [7, 11) is 0. The Balaban J connectivity index is 1.56. The van der Waals surface area contributed by atoms with Crippen LogP contribution in [0.25, 0.3) is 6.08 Å². The first kappa shape index (κ1) is 16.1. The van der Waals surface area contributed by atoms with Crippen LogP contribution in [0.1, 0.15) is 29.3 Å². The summed E-state index contributed by atoms with van der Waals surface area (Å²) in [5, 5.41) is 14.8. The van der Waals surface area contributed by atoms with E-state index in [0.29, 0.717) is 5.57 Å². The first-order valence-electron chi connectivity index (χ1n) is 8.37. The number of hydrogen-bond donors (Lipinski definition) is 2. The van der Waals surface area contributed by atoms with Crippen LogP contribution < -0.4 is 10.1 Å². The van der Waals surface area contributed by atoms with Crippen molar-refractivity contribution in [1.82, 2.24) is 5.32 Å². The molecule has 0 unspecified atom stereocenters. The van der Waals surface area contributed by atoms with Gasteiger partial charge in [-0.2, -0.15) is 0 Å². The molecule has 4 rings (SSSR count). The Morgan fingerprint density at radius 2 is 2.08 bits per heavy atom. The van der Waals surface area contributed by atoms with E-state index in [-0.39, 0.29) is 24.0 Å². The molecule has 2 aliphatic rings. The average Bonchev–Trinajstić information content (AvgIpc) is 3.03. The summed E-state index contributed by atoms with van der Waals surface area (Å²) in [6.07, 6.45) is 6.28. The van der Waals surface area contributed by atoms with Crippen molar-refractivity contribution in [2.24, 2.45) is 5.92 Å². The van der Waals surface area contributed by atoms with Crippen molar-refractivity contribution in [3.8, 4) is 5.75 Å². The van der Waals surface area contributed by atoms with Crippen LogP contribution >= 0.6 is 11.3 Å². The SMILES string of the molecule is O=C(N[C@H](c1cccs1)C1CC(O)C1)C1=Cc2ccccc2OC=C1. The molecule has 1 amide bonds. The second-order valence-corrected chi connectivity index (χ2v) is 7.39. The van der Waals surface area contributed by atoms with Gasteiger partial charge in [-0.25, -0.2) is 0 Å². The third kappa shape index (κ3) is 3.38. The van der Waals surface area contributed by atoms with Gasteiger partial charge in [0, 0.05) is 16.0 Å². The molecular weight excluding hydrogens is 334 g/mol. The number of benzene rings is 1. The van der Waals surface area contributed by atoms with Crippen molar-refractivity contribution >= 4 is 23.3 Å². The van der Waals surface area contributed by atoms with E-state index in [1.54, 1.807) is 23.7 Å². The van der Waals surface area contributed by atoms with Crippen molar-refractivity contribution in [3.05, 3.63) is 70.1 Å². The number of thiophene rings is 1. The van der Waals surface area contributed by atoms with Crippen LogP contribution in [0.2, 0.25) is 0 Å². The molecule has 2 aromatic rings. The van der Waals surface area contributed by atoms with E-state index in [9.17, 15) is 9.90 Å². The number of para-hydroxylation sites is 1. The average molecular weight is 353 g/mol. The van der Waals surface area contributed by atoms with Crippen LogP contribution in [0.5, 0.6) is 5.75 Å². The molecule has 1 fully saturated rings. The molecule has 2 heterocycles. The Bertz CT molecular complexity index is 819. The normalized spacial score (nSPS) is 22.7. The minimum absolute atomic E-state index is 0.0652. The largest absolute Gasteiger partial charge is 0.464 e. The number of carbonyl (C=O) groups excluding carboxylic acids is 1. The minimum Gasteiger partial charge on any atom is -0.464 e. The number of ether oxygens (including phenoxy) is 1. The number of amides is 1. The number of aliphatic hydroxyl groups excluding tert-OH is 1. The molecule has 5 heteroatoms. The first-order chi connectivity index (χ1) is 12.2. The molecule has 1 saturated carbocycles. The summed E-state index contributed by atoms with van der Waals surface area (Å²) >= 11 is 1.63. The second kappa shape index (κ2) is 6.86. The summed E-state index contributed by atoms with van der Waals surface area (Å²) in [6.45, 7) is 0. The highest BCUT2D eigenvalue weighted by Gasteiger charge is 2.36. The Kier molecular flexibility index (Phi) is 4.42. The van der Waals surface area contributed by atoms with E-state index >= 15 is 0 Å². The number of aliphatic hydroxyl groups is 1. The lowest BCUT2D eigenvalue weighted by atomic mass is 9.76. The van der Waals surface area contributed by atoms with E-state index in [0.717, 1.165) is 29.0 Å². The maximum Gasteiger partial charge on any atom is 0.251 e. The fourth-order valence-electron chi connectivity index (χ4n) is 3.26. The van der Waals surface area contributed by atoms with Gasteiger partial charge in [-0.05, 0) is 48.4 Å². The molecule has 25 heavy (non-hydrogen) atoms. The standard InChI is InChI=1S/C20H19NO3S/c22-16-11-15(12-16)19(18-6-3-9-25-18)21-20(23)14-7-8-24-17-5-2-1-4-13(17)10-14/h1-10,15-16,19,22H,11-12H2,(H,21,23)/t15?,16?,19-/m0/s1. The van der Waals surface area contributed by atoms with E-state index in [1.807, 2.05) is 47.9 Å². The maximum atomic E-state index is 12.8. The van der Waals surface area contributed by atoms with Crippen LogP contribution in [-0.2, 0) is 4.79 Å². The molecule has 1 atom stereocenters. The fourth-order valence-corrected chi connectivity index (χ4v) is 4.13. The number of carbonyl (C=O) groups is 1. The van der Waals surface area contributed by atoms with Crippen LogP contribution in [0, 0.1) is 5.92 Å². The van der Waals surface area contributed by atoms with Gasteiger partial charge in [-0.3, -0.25) is 4.79 Å². The predicted molar refractivity (Wildman–Crippen MR) is 98.1 cm³/mol. The van der Waals surface area contributed by atoms with Crippen molar-refractivity contribution in [2.45, 2.75) is 25.0 Å². The van der Waals surface area contributed by atoms with Crippen LogP contribution in [-0.4, -0.2) is 17.1 Å². The van der Waals surface area contributed by atoms with Gasteiger partial charge in [0.25, 0.3) is 5.91 Å². The van der Waals surface area contributed by atoms with Gasteiger partial charge in [0.2, 0.25) is 0 Å². The quantitative estimate of drug-likeness (QED) is 0.882. The summed E-state index contributed by atoms with van der Waals surface area (Å²) < 4.78 is 5.56. The van der Waals surface area contributed by atoms with Gasteiger partial charge >= 0.3 is 0 Å². The lowest BCUT2D eigenvalue weighted by Crippen LogP contribution is -2.41. The molecular formula is C20H19NO3S. The smallest absolute Gasteiger partial charge is 0.251 e. The van der Waals surface area contributed by atoms with Crippen LogP contribution in [0.3, 0.4) is 0 Å². The van der Waals surface area contributed by atoms with E-state index in [1.165, 1.54) is 0 Å². The van der Waals surface area contributed by atoms with Gasteiger partial charge in [0.15, 0.2) is 0 Å². The zero-order valence-corrected chi connectivity index (χ0v) is 14.4.